The van der Waals surface area contributed by atoms with Gasteiger partial charge in [-0.05, 0) is 45.0 Å². The van der Waals surface area contributed by atoms with Crippen LogP contribution in [0, 0.1) is 5.41 Å². The molecule has 140 valence electrons. The Bertz CT molecular complexity index is 575. The average Bonchev–Trinajstić information content (AvgIpc) is 2.55. The highest BCUT2D eigenvalue weighted by atomic mass is 28.4. The maximum atomic E-state index is 13.4. The maximum Gasteiger partial charge on any atom is 0.185 e. The number of rotatable bonds is 7. The smallest absolute Gasteiger partial charge is 0.185 e. The van der Waals surface area contributed by atoms with Gasteiger partial charge in [0.05, 0.1) is 17.1 Å². The number of carbonyl (C=O) groups excluding carboxylic acids is 1. The first-order valence-electron chi connectivity index (χ1n) is 9.65. The van der Waals surface area contributed by atoms with Crippen LogP contribution in [-0.2, 0) is 19.6 Å². The van der Waals surface area contributed by atoms with E-state index in [1.54, 1.807) is 0 Å². The van der Waals surface area contributed by atoms with Gasteiger partial charge in [-0.3, -0.25) is 4.79 Å². The van der Waals surface area contributed by atoms with E-state index in [2.05, 4.69) is 57.8 Å². The van der Waals surface area contributed by atoms with Crippen molar-refractivity contribution in [2.75, 3.05) is 6.61 Å². The molecule has 1 saturated carbocycles. The summed E-state index contributed by atoms with van der Waals surface area (Å²) in [5.41, 5.74) is 0.0403. The molecular formula is C21H34O3Si. The first-order valence-corrected chi connectivity index (χ1v) is 13.1. The topological polar surface area (TPSA) is 35.5 Å². The number of benzene rings is 1. The van der Waals surface area contributed by atoms with Crippen LogP contribution in [0.2, 0.25) is 19.6 Å². The van der Waals surface area contributed by atoms with Crippen LogP contribution in [-0.4, -0.2) is 26.8 Å². The predicted molar refractivity (Wildman–Crippen MR) is 105 cm³/mol. The Morgan fingerprint density at radius 3 is 2.16 bits per heavy atom. The minimum Gasteiger partial charge on any atom is -0.407 e. The summed E-state index contributed by atoms with van der Waals surface area (Å²) < 4.78 is 12.9. The van der Waals surface area contributed by atoms with E-state index in [1.807, 2.05) is 13.0 Å². The van der Waals surface area contributed by atoms with Gasteiger partial charge < -0.3 is 9.16 Å². The summed E-state index contributed by atoms with van der Waals surface area (Å²) >= 11 is 0. The molecule has 1 fully saturated rings. The van der Waals surface area contributed by atoms with Crippen LogP contribution in [0.1, 0.15) is 52.0 Å². The molecule has 0 aromatic heterocycles. The van der Waals surface area contributed by atoms with Gasteiger partial charge in [-0.1, -0.05) is 44.2 Å². The molecule has 0 saturated heterocycles. The number of carbonyl (C=O) groups is 1. The molecule has 0 unspecified atom stereocenters. The molecule has 1 aliphatic carbocycles. The van der Waals surface area contributed by atoms with Crippen LogP contribution >= 0.6 is 0 Å². The van der Waals surface area contributed by atoms with Crippen LogP contribution in [0.4, 0.5) is 0 Å². The van der Waals surface area contributed by atoms with E-state index < -0.39 is 19.3 Å². The Balaban J connectivity index is 2.69. The molecule has 1 aromatic carbocycles. The maximum absolute atomic E-state index is 13.4. The molecule has 1 aliphatic rings. The van der Waals surface area contributed by atoms with Gasteiger partial charge in [0.1, 0.15) is 5.78 Å². The molecule has 2 rings (SSSR count). The lowest BCUT2D eigenvalue weighted by atomic mass is 9.56. The van der Waals surface area contributed by atoms with Gasteiger partial charge in [-0.2, -0.15) is 0 Å². The van der Waals surface area contributed by atoms with Crippen molar-refractivity contribution in [2.45, 2.75) is 77.8 Å². The monoisotopic (exact) mass is 362 g/mol. The third kappa shape index (κ3) is 3.76. The van der Waals surface area contributed by atoms with Gasteiger partial charge in [0.2, 0.25) is 0 Å². The van der Waals surface area contributed by atoms with E-state index in [4.69, 9.17) is 9.16 Å². The minimum atomic E-state index is -1.91. The molecular weight excluding hydrogens is 328 g/mol. The Morgan fingerprint density at radius 1 is 1.08 bits per heavy atom. The standard InChI is InChI=1S/C21H34O3Si/c1-7-20(8-2)19(22)15-18(23-9-3)16-21(20,24-25(4,5)6)17-13-11-10-12-14-17/h10-14,18H,7-9,15-16H2,1-6H3/t18-,21-/m1/s1. The summed E-state index contributed by atoms with van der Waals surface area (Å²) in [7, 11) is -1.91. The van der Waals surface area contributed by atoms with Crippen molar-refractivity contribution in [1.82, 2.24) is 0 Å². The van der Waals surface area contributed by atoms with Crippen LogP contribution < -0.4 is 0 Å². The van der Waals surface area contributed by atoms with Crippen molar-refractivity contribution in [3.63, 3.8) is 0 Å². The molecule has 0 spiro atoms. The van der Waals surface area contributed by atoms with E-state index >= 15 is 0 Å². The lowest BCUT2D eigenvalue weighted by Gasteiger charge is -2.56. The van der Waals surface area contributed by atoms with E-state index in [-0.39, 0.29) is 6.10 Å². The second kappa shape index (κ2) is 7.73. The highest BCUT2D eigenvalue weighted by molar-refractivity contribution is 6.69. The highest BCUT2D eigenvalue weighted by Gasteiger charge is 2.60. The van der Waals surface area contributed by atoms with E-state index in [0.29, 0.717) is 18.8 Å². The van der Waals surface area contributed by atoms with Crippen LogP contribution in [0.15, 0.2) is 30.3 Å². The molecule has 0 amide bonds. The lowest BCUT2D eigenvalue weighted by molar-refractivity contribution is -0.173. The van der Waals surface area contributed by atoms with Crippen LogP contribution in [0.25, 0.3) is 0 Å². The van der Waals surface area contributed by atoms with Gasteiger partial charge in [-0.25, -0.2) is 0 Å². The Hall–Kier alpha value is -0.973. The van der Waals surface area contributed by atoms with Crippen molar-refractivity contribution >= 4 is 14.1 Å². The zero-order chi connectivity index (χ0) is 18.7. The molecule has 1 aromatic rings. The minimum absolute atomic E-state index is 0.0692. The highest BCUT2D eigenvalue weighted by Crippen LogP contribution is 2.56. The zero-order valence-electron chi connectivity index (χ0n) is 16.7. The third-order valence-corrected chi connectivity index (χ3v) is 6.53. The summed E-state index contributed by atoms with van der Waals surface area (Å²) in [5.74, 6) is 0.296. The van der Waals surface area contributed by atoms with Crippen molar-refractivity contribution in [2.24, 2.45) is 5.41 Å². The normalized spacial score (nSPS) is 26.6. The fraction of sp³-hybridized carbons (Fsp3) is 0.667. The number of ketones is 1. The van der Waals surface area contributed by atoms with E-state index in [9.17, 15) is 4.79 Å². The third-order valence-electron chi connectivity index (χ3n) is 5.56. The molecule has 0 bridgehead atoms. The molecule has 3 nitrogen and oxygen atoms in total. The van der Waals surface area contributed by atoms with E-state index in [1.165, 1.54) is 0 Å². The van der Waals surface area contributed by atoms with Crippen LogP contribution in [0.5, 0.6) is 0 Å². The van der Waals surface area contributed by atoms with Crippen molar-refractivity contribution in [3.05, 3.63) is 35.9 Å². The number of hydrogen-bond donors (Lipinski definition) is 0. The molecule has 0 radical (unpaired) electrons. The Labute approximate surface area is 154 Å². The number of Topliss-reactive ketones (excluding diaryl/α,β-unsaturated/α-hetero) is 1. The van der Waals surface area contributed by atoms with E-state index in [0.717, 1.165) is 24.8 Å². The molecule has 0 heterocycles. The van der Waals surface area contributed by atoms with Gasteiger partial charge in [0.25, 0.3) is 0 Å². The second-order valence-corrected chi connectivity index (χ2v) is 12.5. The Morgan fingerprint density at radius 2 is 1.68 bits per heavy atom. The van der Waals surface area contributed by atoms with Gasteiger partial charge >= 0.3 is 0 Å². The molecule has 4 heteroatoms. The summed E-state index contributed by atoms with van der Waals surface area (Å²) in [6, 6.07) is 10.4. The van der Waals surface area contributed by atoms with Gasteiger partial charge in [-0.15, -0.1) is 0 Å². The van der Waals surface area contributed by atoms with Crippen molar-refractivity contribution < 1.29 is 14.0 Å². The fourth-order valence-corrected chi connectivity index (χ4v) is 6.05. The van der Waals surface area contributed by atoms with Gasteiger partial charge in [0, 0.05) is 19.4 Å². The molecule has 0 aliphatic heterocycles. The SMILES string of the molecule is CCO[C@@H]1CC(=O)C(CC)(CC)[C@](O[Si](C)(C)C)(c2ccccc2)C1. The lowest BCUT2D eigenvalue weighted by Crippen LogP contribution is -2.61. The second-order valence-electron chi connectivity index (χ2n) is 8.11. The van der Waals surface area contributed by atoms with Crippen molar-refractivity contribution in [3.8, 4) is 0 Å². The quantitative estimate of drug-likeness (QED) is 0.617. The van der Waals surface area contributed by atoms with Crippen molar-refractivity contribution in [1.29, 1.82) is 0 Å². The average molecular weight is 363 g/mol. The first kappa shape index (κ1) is 20.3. The molecule has 2 atom stereocenters. The number of hydrogen-bond acceptors (Lipinski definition) is 3. The number of ether oxygens (including phenoxy) is 1. The fourth-order valence-electron chi connectivity index (χ4n) is 4.61. The molecule has 25 heavy (non-hydrogen) atoms. The summed E-state index contributed by atoms with van der Waals surface area (Å²) in [4.78, 5) is 13.4. The zero-order valence-corrected chi connectivity index (χ0v) is 17.7. The largest absolute Gasteiger partial charge is 0.407 e. The predicted octanol–water partition coefficient (Wildman–Crippen LogP) is 5.31. The first-order chi connectivity index (χ1) is 11.7. The summed E-state index contributed by atoms with van der Waals surface area (Å²) in [6.07, 6.45) is 2.77. The van der Waals surface area contributed by atoms with Crippen LogP contribution in [0.3, 0.4) is 0 Å². The molecule has 0 N–H and O–H groups in total. The Kier molecular flexibility index (Phi) is 6.29. The van der Waals surface area contributed by atoms with Gasteiger partial charge in [0.15, 0.2) is 8.32 Å². The summed E-state index contributed by atoms with van der Waals surface area (Å²) in [5, 5.41) is 0. The summed E-state index contributed by atoms with van der Waals surface area (Å²) in [6.45, 7) is 13.5.